The number of aryl methyl sites for hydroxylation is 1. The maximum absolute atomic E-state index is 11.8. The van der Waals surface area contributed by atoms with Gasteiger partial charge in [-0.05, 0) is 24.5 Å². The first-order valence-electron chi connectivity index (χ1n) is 6.75. The fraction of sp³-hybridized carbons (Fsp3) is 0.312. The van der Waals surface area contributed by atoms with E-state index in [1.54, 1.807) is 13.3 Å². The van der Waals surface area contributed by atoms with Crippen molar-refractivity contribution in [3.63, 3.8) is 0 Å². The van der Waals surface area contributed by atoms with Crippen molar-refractivity contribution in [3.8, 4) is 11.4 Å². The summed E-state index contributed by atoms with van der Waals surface area (Å²) in [5.41, 5.74) is 3.61. The second-order valence-electron chi connectivity index (χ2n) is 4.96. The Kier molecular flexibility index (Phi) is 3.56. The number of hydrogen-bond acceptors (Lipinski definition) is 4. The molecule has 0 fully saturated rings. The van der Waals surface area contributed by atoms with Gasteiger partial charge in [0.25, 0.3) is 0 Å². The summed E-state index contributed by atoms with van der Waals surface area (Å²) >= 11 is 0. The summed E-state index contributed by atoms with van der Waals surface area (Å²) < 4.78 is 5.14. The van der Waals surface area contributed by atoms with Gasteiger partial charge in [-0.25, -0.2) is 9.97 Å². The van der Waals surface area contributed by atoms with E-state index >= 15 is 0 Å². The normalized spacial score (nSPS) is 14.2. The molecule has 0 spiro atoms. The van der Waals surface area contributed by atoms with Crippen molar-refractivity contribution in [1.29, 1.82) is 0 Å². The second-order valence-corrected chi connectivity index (χ2v) is 4.96. The van der Waals surface area contributed by atoms with Crippen LogP contribution in [-0.4, -0.2) is 22.9 Å². The molecule has 0 amide bonds. The van der Waals surface area contributed by atoms with Gasteiger partial charge >= 0.3 is 0 Å². The van der Waals surface area contributed by atoms with Gasteiger partial charge in [-0.15, -0.1) is 0 Å². The Morgan fingerprint density at radius 3 is 3.05 bits per heavy atom. The molecule has 3 rings (SSSR count). The average Bonchev–Trinajstić information content (AvgIpc) is 2.48. The van der Waals surface area contributed by atoms with Crippen LogP contribution in [0.3, 0.4) is 0 Å². The third-order valence-corrected chi connectivity index (χ3v) is 3.48. The highest BCUT2D eigenvalue weighted by molar-refractivity contribution is 5.97. The van der Waals surface area contributed by atoms with Crippen LogP contribution in [0.25, 0.3) is 11.4 Å². The second kappa shape index (κ2) is 5.51. The zero-order chi connectivity index (χ0) is 13.9. The van der Waals surface area contributed by atoms with Gasteiger partial charge in [0.05, 0.1) is 17.9 Å². The van der Waals surface area contributed by atoms with Crippen molar-refractivity contribution in [1.82, 2.24) is 9.97 Å². The first-order chi connectivity index (χ1) is 9.78. The average molecular weight is 268 g/mol. The third kappa shape index (κ3) is 2.47. The number of aromatic nitrogens is 2. The fourth-order valence-corrected chi connectivity index (χ4v) is 2.50. The highest BCUT2D eigenvalue weighted by Gasteiger charge is 2.19. The Bertz CT molecular complexity index is 653. The lowest BCUT2D eigenvalue weighted by molar-refractivity contribution is 0.0971. The summed E-state index contributed by atoms with van der Waals surface area (Å²) in [5.74, 6) is 0.835. The van der Waals surface area contributed by atoms with E-state index in [0.717, 1.165) is 29.7 Å². The van der Waals surface area contributed by atoms with Crippen molar-refractivity contribution < 1.29 is 9.53 Å². The van der Waals surface area contributed by atoms with Crippen LogP contribution in [0.2, 0.25) is 0 Å². The van der Waals surface area contributed by atoms with E-state index in [-0.39, 0.29) is 5.78 Å². The van der Waals surface area contributed by atoms with Crippen LogP contribution in [0.15, 0.2) is 30.5 Å². The smallest absolute Gasteiger partial charge is 0.166 e. The number of ketones is 1. The van der Waals surface area contributed by atoms with Gasteiger partial charge in [-0.2, -0.15) is 0 Å². The molecule has 102 valence electrons. The highest BCUT2D eigenvalue weighted by atomic mass is 16.5. The molecule has 20 heavy (non-hydrogen) atoms. The molecule has 1 aromatic heterocycles. The molecule has 0 unspecified atom stereocenters. The first kappa shape index (κ1) is 12.9. The molecule has 2 aromatic rings. The minimum Gasteiger partial charge on any atom is -0.380 e. The molecule has 1 aliphatic carbocycles. The Morgan fingerprint density at radius 1 is 1.30 bits per heavy atom. The number of carbonyl (C=O) groups excluding carboxylic acids is 1. The summed E-state index contributed by atoms with van der Waals surface area (Å²) in [6, 6.07) is 7.98. The lowest BCUT2D eigenvalue weighted by Crippen LogP contribution is -2.13. The molecule has 0 radical (unpaired) electrons. The van der Waals surface area contributed by atoms with Crippen molar-refractivity contribution in [3.05, 3.63) is 47.3 Å². The number of hydrogen-bond donors (Lipinski definition) is 0. The fourth-order valence-electron chi connectivity index (χ4n) is 2.50. The first-order valence-corrected chi connectivity index (χ1v) is 6.75. The van der Waals surface area contributed by atoms with E-state index in [4.69, 9.17) is 4.74 Å². The number of methoxy groups -OCH3 is 1. The van der Waals surface area contributed by atoms with Crippen molar-refractivity contribution in [2.75, 3.05) is 7.11 Å². The van der Waals surface area contributed by atoms with Crippen LogP contribution in [0, 0.1) is 0 Å². The molecule has 0 atom stereocenters. The van der Waals surface area contributed by atoms with E-state index in [2.05, 4.69) is 9.97 Å². The van der Waals surface area contributed by atoms with Gasteiger partial charge in [0, 0.05) is 25.3 Å². The molecule has 0 N–H and O–H groups in total. The number of carbonyl (C=O) groups is 1. The van der Waals surface area contributed by atoms with Crippen molar-refractivity contribution >= 4 is 5.78 Å². The topological polar surface area (TPSA) is 52.1 Å². The van der Waals surface area contributed by atoms with E-state index in [1.165, 1.54) is 0 Å². The van der Waals surface area contributed by atoms with Gasteiger partial charge in [0.1, 0.15) is 0 Å². The van der Waals surface area contributed by atoms with Gasteiger partial charge < -0.3 is 4.74 Å². The van der Waals surface area contributed by atoms with Gasteiger partial charge in [-0.1, -0.05) is 18.2 Å². The van der Waals surface area contributed by atoms with Crippen LogP contribution in [-0.2, 0) is 17.8 Å². The number of benzene rings is 1. The van der Waals surface area contributed by atoms with Gasteiger partial charge in [0.2, 0.25) is 0 Å². The van der Waals surface area contributed by atoms with Crippen LogP contribution in [0.4, 0.5) is 0 Å². The summed E-state index contributed by atoms with van der Waals surface area (Å²) in [4.78, 5) is 20.7. The van der Waals surface area contributed by atoms with Crippen LogP contribution < -0.4 is 0 Å². The van der Waals surface area contributed by atoms with Gasteiger partial charge in [0.15, 0.2) is 11.6 Å². The monoisotopic (exact) mass is 268 g/mol. The molecule has 0 bridgehead atoms. The maximum Gasteiger partial charge on any atom is 0.166 e. The van der Waals surface area contributed by atoms with Crippen molar-refractivity contribution in [2.45, 2.75) is 25.9 Å². The molecule has 0 saturated carbocycles. The number of ether oxygens (including phenoxy) is 1. The van der Waals surface area contributed by atoms with Crippen LogP contribution in [0.5, 0.6) is 0 Å². The molecule has 1 heterocycles. The summed E-state index contributed by atoms with van der Waals surface area (Å²) in [6.45, 7) is 0.567. The Morgan fingerprint density at radius 2 is 2.20 bits per heavy atom. The quantitative estimate of drug-likeness (QED) is 0.859. The SMILES string of the molecule is COCc1cccc(-c2ncc3c(n2)CCCC3=O)c1. The summed E-state index contributed by atoms with van der Waals surface area (Å²) in [5, 5.41) is 0. The van der Waals surface area contributed by atoms with Crippen LogP contribution >= 0.6 is 0 Å². The summed E-state index contributed by atoms with van der Waals surface area (Å²) in [7, 11) is 1.67. The van der Waals surface area contributed by atoms with E-state index in [1.807, 2.05) is 24.3 Å². The number of nitrogens with zero attached hydrogens (tertiary/aromatic N) is 2. The van der Waals surface area contributed by atoms with Crippen molar-refractivity contribution in [2.24, 2.45) is 0 Å². The standard InChI is InChI=1S/C16H16N2O2/c1-20-10-11-4-2-5-12(8-11)16-17-9-13-14(18-16)6-3-7-15(13)19/h2,4-5,8-9H,3,6-7,10H2,1H3. The van der Waals surface area contributed by atoms with E-state index in [9.17, 15) is 4.79 Å². The Balaban J connectivity index is 1.98. The third-order valence-electron chi connectivity index (χ3n) is 3.48. The minimum absolute atomic E-state index is 0.158. The van der Waals surface area contributed by atoms with E-state index < -0.39 is 0 Å². The predicted molar refractivity (Wildman–Crippen MR) is 75.4 cm³/mol. The minimum atomic E-state index is 0.158. The maximum atomic E-state index is 11.8. The van der Waals surface area contributed by atoms with Crippen LogP contribution in [0.1, 0.15) is 34.5 Å². The molecule has 1 aromatic carbocycles. The molecule has 1 aliphatic rings. The zero-order valence-corrected chi connectivity index (χ0v) is 11.4. The lowest BCUT2D eigenvalue weighted by Gasteiger charge is -2.14. The molecule has 4 heteroatoms. The van der Waals surface area contributed by atoms with Gasteiger partial charge in [-0.3, -0.25) is 4.79 Å². The molecular formula is C16H16N2O2. The number of fused-ring (bicyclic) bond motifs is 1. The molecule has 0 saturated heterocycles. The lowest BCUT2D eigenvalue weighted by atomic mass is 9.96. The zero-order valence-electron chi connectivity index (χ0n) is 11.4. The number of Topliss-reactive ketones (excluding diaryl/α,β-unsaturated/α-hetero) is 1. The van der Waals surface area contributed by atoms with E-state index in [0.29, 0.717) is 24.4 Å². The molecule has 0 aliphatic heterocycles. The number of rotatable bonds is 3. The molecular weight excluding hydrogens is 252 g/mol. The highest BCUT2D eigenvalue weighted by Crippen LogP contribution is 2.23. The summed E-state index contributed by atoms with van der Waals surface area (Å²) in [6.07, 6.45) is 4.02. The molecule has 4 nitrogen and oxygen atoms in total. The Hall–Kier alpha value is -2.07. The largest absolute Gasteiger partial charge is 0.380 e. The predicted octanol–water partition coefficient (Wildman–Crippen LogP) is 2.81. The Labute approximate surface area is 117 Å².